The first-order chi connectivity index (χ1) is 10.5. The minimum Gasteiger partial charge on any atom is -0.359 e. The van der Waals surface area contributed by atoms with Gasteiger partial charge in [-0.15, -0.1) is 0 Å². The van der Waals surface area contributed by atoms with Crippen molar-refractivity contribution in [3.8, 4) is 0 Å². The third-order valence-corrected chi connectivity index (χ3v) is 3.45. The number of carbonyl (C=O) groups excluding carboxylic acids is 1. The lowest BCUT2D eigenvalue weighted by Crippen LogP contribution is -2.32. The Morgan fingerprint density at radius 3 is 2.55 bits per heavy atom. The maximum absolute atomic E-state index is 14.5. The normalized spacial score (nSPS) is 11.6. The van der Waals surface area contributed by atoms with Gasteiger partial charge in [-0.1, -0.05) is 30.3 Å². The van der Waals surface area contributed by atoms with E-state index in [0.29, 0.717) is 16.6 Å². The van der Waals surface area contributed by atoms with E-state index in [0.717, 1.165) is 5.69 Å². The van der Waals surface area contributed by atoms with E-state index in [1.54, 1.807) is 49.4 Å². The number of hydrogen-bond donors (Lipinski definition) is 2. The number of H-pyrrole nitrogens is 1. The van der Waals surface area contributed by atoms with Crippen LogP contribution in [0, 0.1) is 6.92 Å². The van der Waals surface area contributed by atoms with Gasteiger partial charge in [0, 0.05) is 27.8 Å². The molecule has 22 heavy (non-hydrogen) atoms. The Labute approximate surface area is 126 Å². The number of alkyl halides is 2. The summed E-state index contributed by atoms with van der Waals surface area (Å²) < 4.78 is 29.1. The first kappa shape index (κ1) is 14.3. The maximum atomic E-state index is 14.5. The second-order valence-electron chi connectivity index (χ2n) is 5.11. The zero-order valence-electron chi connectivity index (χ0n) is 11.9. The smallest absolute Gasteiger partial charge is 0.350 e. The molecule has 0 bridgehead atoms. The number of carbonyl (C=O) groups is 1. The first-order valence-corrected chi connectivity index (χ1v) is 6.81. The Morgan fingerprint density at radius 2 is 1.82 bits per heavy atom. The third kappa shape index (κ3) is 2.45. The number of para-hydroxylation sites is 1. The maximum Gasteiger partial charge on any atom is 0.350 e. The largest absolute Gasteiger partial charge is 0.359 e. The molecule has 0 saturated carbocycles. The lowest BCUT2D eigenvalue weighted by atomic mass is 10.0. The Bertz CT molecular complexity index is 825. The lowest BCUT2D eigenvalue weighted by Gasteiger charge is -2.17. The van der Waals surface area contributed by atoms with Crippen LogP contribution in [-0.4, -0.2) is 10.9 Å². The molecule has 0 saturated heterocycles. The number of fused-ring (bicyclic) bond motifs is 1. The van der Waals surface area contributed by atoms with Gasteiger partial charge in [0.15, 0.2) is 0 Å². The summed E-state index contributed by atoms with van der Waals surface area (Å²) >= 11 is 0. The standard InChI is InChI=1S/C17H14F2N2O/c1-11-10-13-14(8-5-9-15(13)20-11)17(18,19)16(22)21-12-6-3-2-4-7-12/h2-10,20H,1H3,(H,21,22). The fraction of sp³-hybridized carbons (Fsp3) is 0.118. The molecule has 3 rings (SSSR count). The van der Waals surface area contributed by atoms with Gasteiger partial charge in [0.1, 0.15) is 0 Å². The highest BCUT2D eigenvalue weighted by atomic mass is 19.3. The summed E-state index contributed by atoms with van der Waals surface area (Å²) in [6.45, 7) is 1.78. The molecule has 2 N–H and O–H groups in total. The Balaban J connectivity index is 1.98. The summed E-state index contributed by atoms with van der Waals surface area (Å²) in [5.41, 5.74) is 1.39. The summed E-state index contributed by atoms with van der Waals surface area (Å²) in [6, 6.07) is 14.3. The molecule has 1 aromatic heterocycles. The molecule has 3 nitrogen and oxygen atoms in total. The highest BCUT2D eigenvalue weighted by Crippen LogP contribution is 2.35. The Kier molecular flexibility index (Phi) is 3.41. The molecule has 0 unspecified atom stereocenters. The summed E-state index contributed by atoms with van der Waals surface area (Å²) in [4.78, 5) is 15.0. The molecule has 1 heterocycles. The number of rotatable bonds is 3. The average molecular weight is 300 g/mol. The molecular formula is C17H14F2N2O. The summed E-state index contributed by atoms with van der Waals surface area (Å²) in [5, 5.41) is 2.61. The Morgan fingerprint density at radius 1 is 1.09 bits per heavy atom. The van der Waals surface area contributed by atoms with Crippen LogP contribution >= 0.6 is 0 Å². The van der Waals surface area contributed by atoms with Crippen LogP contribution in [0.4, 0.5) is 14.5 Å². The predicted octanol–water partition coefficient (Wildman–Crippen LogP) is 4.21. The van der Waals surface area contributed by atoms with E-state index in [9.17, 15) is 13.6 Å². The van der Waals surface area contributed by atoms with Crippen molar-refractivity contribution in [2.45, 2.75) is 12.8 Å². The van der Waals surface area contributed by atoms with Gasteiger partial charge in [-0.25, -0.2) is 0 Å². The van der Waals surface area contributed by atoms with E-state index >= 15 is 0 Å². The summed E-state index contributed by atoms with van der Waals surface area (Å²) in [6.07, 6.45) is 0. The van der Waals surface area contributed by atoms with Crippen LogP contribution < -0.4 is 5.32 Å². The lowest BCUT2D eigenvalue weighted by molar-refractivity contribution is -0.140. The van der Waals surface area contributed by atoms with Gasteiger partial charge in [-0.2, -0.15) is 8.78 Å². The van der Waals surface area contributed by atoms with E-state index in [4.69, 9.17) is 0 Å². The Hall–Kier alpha value is -2.69. The van der Waals surface area contributed by atoms with E-state index in [2.05, 4.69) is 10.3 Å². The number of aryl methyl sites for hydroxylation is 1. The van der Waals surface area contributed by atoms with Crippen molar-refractivity contribution in [1.29, 1.82) is 0 Å². The molecule has 0 aliphatic carbocycles. The average Bonchev–Trinajstić information content (AvgIpc) is 2.88. The molecule has 3 aromatic rings. The van der Waals surface area contributed by atoms with Gasteiger partial charge in [0.2, 0.25) is 0 Å². The van der Waals surface area contributed by atoms with Crippen molar-refractivity contribution in [3.63, 3.8) is 0 Å². The molecule has 0 spiro atoms. The summed E-state index contributed by atoms with van der Waals surface area (Å²) in [7, 11) is 0. The van der Waals surface area contributed by atoms with Gasteiger partial charge >= 0.3 is 5.92 Å². The van der Waals surface area contributed by atoms with Crippen LogP contribution in [-0.2, 0) is 10.7 Å². The van der Waals surface area contributed by atoms with Crippen molar-refractivity contribution in [2.24, 2.45) is 0 Å². The van der Waals surface area contributed by atoms with Crippen LogP contribution in [0.3, 0.4) is 0 Å². The van der Waals surface area contributed by atoms with Crippen LogP contribution in [0.15, 0.2) is 54.6 Å². The number of aromatic amines is 1. The van der Waals surface area contributed by atoms with Crippen LogP contribution in [0.25, 0.3) is 10.9 Å². The topological polar surface area (TPSA) is 44.9 Å². The minimum atomic E-state index is -3.62. The predicted molar refractivity (Wildman–Crippen MR) is 82.0 cm³/mol. The molecule has 5 heteroatoms. The van der Waals surface area contributed by atoms with Gasteiger partial charge in [0.25, 0.3) is 5.91 Å². The van der Waals surface area contributed by atoms with Crippen LogP contribution in [0.1, 0.15) is 11.3 Å². The monoisotopic (exact) mass is 300 g/mol. The highest BCUT2D eigenvalue weighted by Gasteiger charge is 2.42. The van der Waals surface area contributed by atoms with Gasteiger partial charge in [-0.3, -0.25) is 4.79 Å². The molecular weight excluding hydrogens is 286 g/mol. The summed E-state index contributed by atoms with van der Waals surface area (Å²) in [5.74, 6) is -4.96. The number of aromatic nitrogens is 1. The second kappa shape index (κ2) is 5.26. The molecule has 0 aliphatic rings. The first-order valence-electron chi connectivity index (χ1n) is 6.81. The molecule has 0 radical (unpaired) electrons. The quantitative estimate of drug-likeness (QED) is 0.748. The van der Waals surface area contributed by atoms with Crippen molar-refractivity contribution >= 4 is 22.5 Å². The van der Waals surface area contributed by atoms with E-state index in [-0.39, 0.29) is 5.56 Å². The fourth-order valence-electron chi connectivity index (χ4n) is 2.42. The minimum absolute atomic E-state index is 0.303. The SMILES string of the molecule is Cc1cc2c(C(F)(F)C(=O)Nc3ccccc3)cccc2[nH]1. The zero-order chi connectivity index (χ0) is 15.7. The van der Waals surface area contributed by atoms with Gasteiger partial charge in [0.05, 0.1) is 0 Å². The van der Waals surface area contributed by atoms with Gasteiger partial charge in [-0.05, 0) is 31.2 Å². The van der Waals surface area contributed by atoms with Crippen molar-refractivity contribution in [3.05, 3.63) is 65.9 Å². The fourth-order valence-corrected chi connectivity index (χ4v) is 2.42. The molecule has 2 aromatic carbocycles. The van der Waals surface area contributed by atoms with Crippen molar-refractivity contribution in [2.75, 3.05) is 5.32 Å². The number of benzene rings is 2. The van der Waals surface area contributed by atoms with Crippen LogP contribution in [0.5, 0.6) is 0 Å². The molecule has 112 valence electrons. The van der Waals surface area contributed by atoms with E-state index in [1.807, 2.05) is 0 Å². The third-order valence-electron chi connectivity index (χ3n) is 3.45. The number of hydrogen-bond acceptors (Lipinski definition) is 1. The van der Waals surface area contributed by atoms with Crippen molar-refractivity contribution in [1.82, 2.24) is 4.98 Å². The van der Waals surface area contributed by atoms with Crippen LogP contribution in [0.2, 0.25) is 0 Å². The number of nitrogens with one attached hydrogen (secondary N) is 2. The van der Waals surface area contributed by atoms with E-state index in [1.165, 1.54) is 12.1 Å². The highest BCUT2D eigenvalue weighted by molar-refractivity contribution is 6.00. The molecule has 1 amide bonds. The number of halogens is 2. The second-order valence-corrected chi connectivity index (χ2v) is 5.11. The van der Waals surface area contributed by atoms with Gasteiger partial charge < -0.3 is 10.3 Å². The number of anilines is 1. The van der Waals surface area contributed by atoms with E-state index < -0.39 is 11.8 Å². The van der Waals surface area contributed by atoms with Crippen molar-refractivity contribution < 1.29 is 13.6 Å². The molecule has 0 aliphatic heterocycles. The molecule has 0 fully saturated rings. The molecule has 0 atom stereocenters. The number of amides is 1. The zero-order valence-corrected chi connectivity index (χ0v) is 11.9.